The molecule has 0 radical (unpaired) electrons. The van der Waals surface area contributed by atoms with Crippen molar-refractivity contribution in [3.05, 3.63) is 47.5 Å². The molecule has 11 atom stereocenters. The Kier molecular flexibility index (Phi) is 8.39. The zero-order chi connectivity index (χ0) is 29.6. The molecular formula is C27H32O14. The fourth-order valence-corrected chi connectivity index (χ4v) is 5.07. The van der Waals surface area contributed by atoms with Gasteiger partial charge in [0.05, 0.1) is 19.1 Å². The van der Waals surface area contributed by atoms with Gasteiger partial charge in [-0.2, -0.15) is 0 Å². The summed E-state index contributed by atoms with van der Waals surface area (Å²) in [6.07, 6.45) is -16.0. The highest BCUT2D eigenvalue weighted by atomic mass is 16.8. The first-order valence-corrected chi connectivity index (χ1v) is 13.0. The number of phenolic OH excluding ortho intramolecular Hbond substituents is 2. The topological polar surface area (TPSA) is 225 Å². The van der Waals surface area contributed by atoms with Crippen molar-refractivity contribution >= 4 is 5.78 Å². The number of ether oxygens (including phenoxy) is 5. The highest BCUT2D eigenvalue weighted by Gasteiger charge is 2.51. The molecule has 0 aliphatic carbocycles. The number of carbonyl (C=O) groups excluding carboxylic acids is 1. The van der Waals surface area contributed by atoms with Crippen LogP contribution in [0.4, 0.5) is 0 Å². The largest absolute Gasteiger partial charge is 0.508 e. The third-order valence-electron chi connectivity index (χ3n) is 7.42. The van der Waals surface area contributed by atoms with Crippen molar-refractivity contribution in [3.8, 4) is 23.0 Å². The highest BCUT2D eigenvalue weighted by molar-refractivity contribution is 6.02. The number of Topliss-reactive ketones (excluding diaryl/α,β-unsaturated/α-hetero) is 1. The first-order valence-electron chi connectivity index (χ1n) is 13.0. The number of aliphatic hydroxyl groups excluding tert-OH is 6. The van der Waals surface area contributed by atoms with E-state index in [0.717, 1.165) is 6.07 Å². The Labute approximate surface area is 233 Å². The van der Waals surface area contributed by atoms with E-state index in [4.69, 9.17) is 23.7 Å². The molecule has 0 unspecified atom stereocenters. The summed E-state index contributed by atoms with van der Waals surface area (Å²) < 4.78 is 28.6. The minimum absolute atomic E-state index is 0.0149. The molecule has 41 heavy (non-hydrogen) atoms. The quantitative estimate of drug-likeness (QED) is 0.202. The summed E-state index contributed by atoms with van der Waals surface area (Å²) in [6.45, 7) is 0.716. The van der Waals surface area contributed by atoms with Crippen LogP contribution in [0.15, 0.2) is 36.4 Å². The minimum Gasteiger partial charge on any atom is -0.508 e. The van der Waals surface area contributed by atoms with E-state index in [2.05, 4.69) is 0 Å². The molecule has 0 bridgehead atoms. The van der Waals surface area contributed by atoms with Gasteiger partial charge in [0, 0.05) is 12.1 Å². The predicted octanol–water partition coefficient (Wildman–Crippen LogP) is -1.17. The summed E-state index contributed by atoms with van der Waals surface area (Å²) in [5.41, 5.74) is 0.529. The molecule has 3 aliphatic rings. The monoisotopic (exact) mass is 580 g/mol. The Morgan fingerprint density at radius 2 is 1.59 bits per heavy atom. The maximum absolute atomic E-state index is 12.9. The van der Waals surface area contributed by atoms with E-state index in [1.54, 1.807) is 12.1 Å². The lowest BCUT2D eigenvalue weighted by atomic mass is 9.95. The number of hydrogen-bond donors (Lipinski definition) is 8. The molecule has 14 nitrogen and oxygen atoms in total. The van der Waals surface area contributed by atoms with E-state index in [-0.39, 0.29) is 29.2 Å². The van der Waals surface area contributed by atoms with Crippen molar-refractivity contribution in [2.24, 2.45) is 0 Å². The zero-order valence-electron chi connectivity index (χ0n) is 21.8. The zero-order valence-corrected chi connectivity index (χ0v) is 21.8. The number of ketones is 1. The fraction of sp³-hybridized carbons (Fsp3) is 0.519. The predicted molar refractivity (Wildman–Crippen MR) is 134 cm³/mol. The molecule has 0 saturated carbocycles. The highest BCUT2D eigenvalue weighted by Crippen LogP contribution is 2.43. The van der Waals surface area contributed by atoms with Gasteiger partial charge in [-0.3, -0.25) is 4.79 Å². The smallest absolute Gasteiger partial charge is 0.229 e. The number of fused-ring (bicyclic) bond motifs is 1. The molecule has 0 aromatic heterocycles. The van der Waals surface area contributed by atoms with Crippen LogP contribution in [0.2, 0.25) is 0 Å². The van der Waals surface area contributed by atoms with Gasteiger partial charge < -0.3 is 64.5 Å². The minimum atomic E-state index is -1.75. The summed E-state index contributed by atoms with van der Waals surface area (Å²) in [6, 6.07) is 8.50. The van der Waals surface area contributed by atoms with Crippen LogP contribution in [0.3, 0.4) is 0 Å². The lowest BCUT2D eigenvalue weighted by Gasteiger charge is -2.45. The Balaban J connectivity index is 1.41. The Morgan fingerprint density at radius 1 is 0.878 bits per heavy atom. The summed E-state index contributed by atoms with van der Waals surface area (Å²) in [4.78, 5) is 12.9. The van der Waals surface area contributed by atoms with Crippen molar-refractivity contribution in [2.75, 3.05) is 6.61 Å². The van der Waals surface area contributed by atoms with Gasteiger partial charge in [0.25, 0.3) is 0 Å². The van der Waals surface area contributed by atoms with Gasteiger partial charge >= 0.3 is 0 Å². The standard InChI is InChI=1S/C27H32O14/c1-10-20(32)22(34)24(36)26(37-10)41-25-23(35)21(33)18(9-28)40-27(25)38-13-6-14(30)19-15(31)8-16(39-17(19)7-13)11-2-4-12(29)5-3-11/h2-7,10,16,18,20-30,32-36H,8-9H2,1H3/t10-,16+,18+,20+,21-,22-,23+,24-,25-,26+,27+/m1/s1. The number of phenols is 2. The molecule has 3 heterocycles. The Bertz CT molecular complexity index is 1240. The van der Waals surface area contributed by atoms with Crippen LogP contribution in [0, 0.1) is 0 Å². The number of benzene rings is 2. The first-order chi connectivity index (χ1) is 19.5. The molecule has 0 amide bonds. The molecule has 14 heteroatoms. The number of aromatic hydroxyl groups is 2. The van der Waals surface area contributed by atoms with Crippen LogP contribution in [-0.2, 0) is 14.2 Å². The second kappa shape index (κ2) is 11.7. The first kappa shape index (κ1) is 29.4. The molecule has 2 aromatic rings. The van der Waals surface area contributed by atoms with Gasteiger partial charge in [-0.05, 0) is 24.6 Å². The normalized spacial score (nSPS) is 37.2. The van der Waals surface area contributed by atoms with Crippen LogP contribution < -0.4 is 9.47 Å². The van der Waals surface area contributed by atoms with Gasteiger partial charge in [0.2, 0.25) is 6.29 Å². The van der Waals surface area contributed by atoms with E-state index >= 15 is 0 Å². The third-order valence-corrected chi connectivity index (χ3v) is 7.42. The van der Waals surface area contributed by atoms with Crippen molar-refractivity contribution in [1.29, 1.82) is 0 Å². The molecule has 2 aromatic carbocycles. The van der Waals surface area contributed by atoms with Crippen LogP contribution in [-0.4, -0.2) is 115 Å². The molecule has 5 rings (SSSR count). The van der Waals surface area contributed by atoms with Gasteiger partial charge in [-0.25, -0.2) is 0 Å². The van der Waals surface area contributed by atoms with Gasteiger partial charge in [-0.15, -0.1) is 0 Å². The van der Waals surface area contributed by atoms with Gasteiger partial charge in [-0.1, -0.05) is 12.1 Å². The third kappa shape index (κ3) is 5.70. The van der Waals surface area contributed by atoms with E-state index in [0.29, 0.717) is 5.56 Å². The van der Waals surface area contributed by atoms with Gasteiger partial charge in [0.15, 0.2) is 18.2 Å². The van der Waals surface area contributed by atoms with E-state index in [1.165, 1.54) is 25.1 Å². The maximum atomic E-state index is 12.9. The van der Waals surface area contributed by atoms with Crippen molar-refractivity contribution in [2.45, 2.75) is 80.9 Å². The number of rotatable bonds is 6. The summed E-state index contributed by atoms with van der Waals surface area (Å²) in [5.74, 6) is -0.947. The molecule has 2 saturated heterocycles. The maximum Gasteiger partial charge on any atom is 0.229 e. The number of hydrogen-bond acceptors (Lipinski definition) is 14. The van der Waals surface area contributed by atoms with Crippen LogP contribution in [0.25, 0.3) is 0 Å². The molecule has 224 valence electrons. The summed E-state index contributed by atoms with van der Waals surface area (Å²) in [7, 11) is 0. The average molecular weight is 581 g/mol. The van der Waals surface area contributed by atoms with Crippen LogP contribution in [0.1, 0.15) is 35.4 Å². The summed E-state index contributed by atoms with van der Waals surface area (Å²) >= 11 is 0. The number of carbonyl (C=O) groups is 1. The summed E-state index contributed by atoms with van der Waals surface area (Å²) in [5, 5.41) is 81.6. The molecule has 8 N–H and O–H groups in total. The fourth-order valence-electron chi connectivity index (χ4n) is 5.07. The van der Waals surface area contributed by atoms with Crippen LogP contribution >= 0.6 is 0 Å². The Morgan fingerprint density at radius 3 is 2.27 bits per heavy atom. The van der Waals surface area contributed by atoms with E-state index in [1.807, 2.05) is 0 Å². The Hall–Kier alpha value is -3.05. The second-order valence-electron chi connectivity index (χ2n) is 10.2. The second-order valence-corrected chi connectivity index (χ2v) is 10.2. The van der Waals surface area contributed by atoms with Gasteiger partial charge in [0.1, 0.15) is 71.3 Å². The van der Waals surface area contributed by atoms with E-state index in [9.17, 15) is 45.6 Å². The molecule has 3 aliphatic heterocycles. The molecular weight excluding hydrogens is 548 g/mol. The van der Waals surface area contributed by atoms with Crippen LogP contribution in [0.5, 0.6) is 23.0 Å². The lowest BCUT2D eigenvalue weighted by Crippen LogP contribution is -2.64. The van der Waals surface area contributed by atoms with Crippen molar-refractivity contribution < 1.29 is 69.3 Å². The molecule has 0 spiro atoms. The molecule has 2 fully saturated rings. The lowest BCUT2D eigenvalue weighted by molar-refractivity contribution is -0.354. The SMILES string of the molecule is C[C@H]1O[C@@H](O[C@H]2[C@@H](Oc3cc(O)c4c(c3)O[C@H](c3ccc(O)cc3)CC4=O)O[C@@H](CO)[C@@H](O)[C@@H]2O)[C@H](O)[C@H](O)[C@H]1O. The van der Waals surface area contributed by atoms with E-state index < -0.39 is 85.7 Å². The van der Waals surface area contributed by atoms with Crippen molar-refractivity contribution in [3.63, 3.8) is 0 Å². The number of aliphatic hydroxyl groups is 6. The van der Waals surface area contributed by atoms with Crippen molar-refractivity contribution in [1.82, 2.24) is 0 Å². The average Bonchev–Trinajstić information content (AvgIpc) is 2.94.